The van der Waals surface area contributed by atoms with Crippen molar-refractivity contribution in [2.24, 2.45) is 5.73 Å². The fourth-order valence-corrected chi connectivity index (χ4v) is 1.70. The van der Waals surface area contributed by atoms with Crippen LogP contribution in [0.4, 0.5) is 0 Å². The lowest BCUT2D eigenvalue weighted by molar-refractivity contribution is 0.0994. The normalized spacial score (nSPS) is 10.8. The van der Waals surface area contributed by atoms with Gasteiger partial charge in [0.25, 0.3) is 5.91 Å². The van der Waals surface area contributed by atoms with Crippen LogP contribution in [0.15, 0.2) is 0 Å². The molecule has 0 saturated heterocycles. The van der Waals surface area contributed by atoms with Gasteiger partial charge in [-0.25, -0.2) is 4.68 Å². The number of hydrogen-bond donors (Lipinski definition) is 2. The molecular formula is C11H20N4O3. The third-order valence-corrected chi connectivity index (χ3v) is 2.64. The lowest BCUT2D eigenvalue weighted by Crippen LogP contribution is -2.16. The van der Waals surface area contributed by atoms with Crippen molar-refractivity contribution < 1.29 is 14.6 Å². The zero-order valence-corrected chi connectivity index (χ0v) is 10.6. The Bertz CT molecular complexity index is 378. The Morgan fingerprint density at radius 3 is 2.83 bits per heavy atom. The molecule has 1 aromatic heterocycles. The first-order valence-electron chi connectivity index (χ1n) is 6.02. The number of rotatable bonds is 9. The lowest BCUT2D eigenvalue weighted by atomic mass is 10.2. The fraction of sp³-hybridized carbons (Fsp3) is 0.727. The van der Waals surface area contributed by atoms with Crippen LogP contribution in [0.1, 0.15) is 35.4 Å². The Morgan fingerprint density at radius 1 is 1.44 bits per heavy atom. The van der Waals surface area contributed by atoms with Crippen LogP contribution in [-0.4, -0.2) is 46.3 Å². The molecule has 1 aromatic rings. The van der Waals surface area contributed by atoms with Crippen LogP contribution in [0.25, 0.3) is 0 Å². The summed E-state index contributed by atoms with van der Waals surface area (Å²) >= 11 is 0. The third-order valence-electron chi connectivity index (χ3n) is 2.64. The summed E-state index contributed by atoms with van der Waals surface area (Å²) in [6, 6.07) is 0. The van der Waals surface area contributed by atoms with Crippen LogP contribution in [-0.2, 0) is 17.7 Å². The highest BCUT2D eigenvalue weighted by Gasteiger charge is 2.16. The highest BCUT2D eigenvalue weighted by Crippen LogP contribution is 2.08. The van der Waals surface area contributed by atoms with E-state index in [1.165, 1.54) is 0 Å². The highest BCUT2D eigenvalue weighted by atomic mass is 16.5. The predicted octanol–water partition coefficient (Wildman–Crippen LogP) is -0.271. The van der Waals surface area contributed by atoms with Crippen LogP contribution in [0.5, 0.6) is 0 Å². The van der Waals surface area contributed by atoms with Crippen LogP contribution >= 0.6 is 0 Å². The van der Waals surface area contributed by atoms with E-state index in [0.717, 1.165) is 19.3 Å². The molecule has 0 atom stereocenters. The molecule has 0 bridgehead atoms. The van der Waals surface area contributed by atoms with Crippen molar-refractivity contribution in [2.45, 2.75) is 32.2 Å². The predicted molar refractivity (Wildman–Crippen MR) is 65.1 cm³/mol. The highest BCUT2D eigenvalue weighted by molar-refractivity contribution is 5.91. The minimum absolute atomic E-state index is 0.195. The number of nitrogens with two attached hydrogens (primary N) is 1. The van der Waals surface area contributed by atoms with Gasteiger partial charge in [-0.3, -0.25) is 4.79 Å². The minimum Gasteiger partial charge on any atom is -0.396 e. The van der Waals surface area contributed by atoms with Crippen molar-refractivity contribution in [2.75, 3.05) is 20.3 Å². The van der Waals surface area contributed by atoms with Crippen molar-refractivity contribution in [3.8, 4) is 0 Å². The Kier molecular flexibility index (Phi) is 6.31. The lowest BCUT2D eigenvalue weighted by Gasteiger charge is -2.06. The Balaban J connectivity index is 2.67. The van der Waals surface area contributed by atoms with E-state index in [9.17, 15) is 4.79 Å². The van der Waals surface area contributed by atoms with Gasteiger partial charge in [0.05, 0.1) is 12.3 Å². The molecule has 0 unspecified atom stereocenters. The number of aliphatic hydroxyl groups is 1. The van der Waals surface area contributed by atoms with E-state index in [0.29, 0.717) is 25.3 Å². The molecule has 0 aliphatic carbocycles. The van der Waals surface area contributed by atoms with Gasteiger partial charge in [0.1, 0.15) is 0 Å². The van der Waals surface area contributed by atoms with Crippen molar-refractivity contribution in [3.63, 3.8) is 0 Å². The Labute approximate surface area is 106 Å². The molecule has 1 amide bonds. The van der Waals surface area contributed by atoms with Gasteiger partial charge in [0, 0.05) is 26.7 Å². The standard InChI is InChI=1S/C11H20N4O3/c1-18-8-5-9-10(11(12)17)13-14-15(9)6-3-2-4-7-16/h16H,2-8H2,1H3,(H2,12,17). The summed E-state index contributed by atoms with van der Waals surface area (Å²) in [5, 5.41) is 16.4. The number of ether oxygens (including phenoxy) is 1. The molecule has 0 spiro atoms. The van der Waals surface area contributed by atoms with Gasteiger partial charge >= 0.3 is 0 Å². The van der Waals surface area contributed by atoms with Crippen molar-refractivity contribution in [3.05, 3.63) is 11.4 Å². The Morgan fingerprint density at radius 2 is 2.22 bits per heavy atom. The van der Waals surface area contributed by atoms with Crippen LogP contribution in [0.2, 0.25) is 0 Å². The number of amides is 1. The van der Waals surface area contributed by atoms with E-state index in [-0.39, 0.29) is 12.3 Å². The molecule has 1 heterocycles. The molecule has 18 heavy (non-hydrogen) atoms. The molecule has 3 N–H and O–H groups in total. The minimum atomic E-state index is -0.567. The number of hydrogen-bond acceptors (Lipinski definition) is 5. The molecule has 7 heteroatoms. The van der Waals surface area contributed by atoms with Gasteiger partial charge in [-0.05, 0) is 19.3 Å². The van der Waals surface area contributed by atoms with Crippen molar-refractivity contribution >= 4 is 5.91 Å². The molecule has 0 saturated carbocycles. The number of primary amides is 1. The number of aryl methyl sites for hydroxylation is 1. The molecule has 0 fully saturated rings. The molecule has 1 rings (SSSR count). The average molecular weight is 256 g/mol. The summed E-state index contributed by atoms with van der Waals surface area (Å²) in [6.45, 7) is 1.35. The molecule has 0 aromatic carbocycles. The SMILES string of the molecule is COCCc1c(C(N)=O)nnn1CCCCCO. The number of carbonyl (C=O) groups is 1. The van der Waals surface area contributed by atoms with Gasteiger partial charge in [0.2, 0.25) is 0 Å². The topological polar surface area (TPSA) is 103 Å². The number of unbranched alkanes of at least 4 members (excludes halogenated alkanes) is 2. The summed E-state index contributed by atoms with van der Waals surface area (Å²) in [5.74, 6) is -0.567. The summed E-state index contributed by atoms with van der Waals surface area (Å²) < 4.78 is 6.68. The number of aliphatic hydroxyl groups excluding tert-OH is 1. The van der Waals surface area contributed by atoms with Gasteiger partial charge in [-0.2, -0.15) is 0 Å². The summed E-state index contributed by atoms with van der Waals surface area (Å²) in [7, 11) is 1.60. The second kappa shape index (κ2) is 7.78. The number of carbonyl (C=O) groups excluding carboxylic acids is 1. The van der Waals surface area contributed by atoms with Crippen LogP contribution in [0.3, 0.4) is 0 Å². The van der Waals surface area contributed by atoms with Gasteiger partial charge < -0.3 is 15.6 Å². The van der Waals surface area contributed by atoms with Crippen molar-refractivity contribution in [1.29, 1.82) is 0 Å². The smallest absolute Gasteiger partial charge is 0.271 e. The number of methoxy groups -OCH3 is 1. The maximum absolute atomic E-state index is 11.2. The fourth-order valence-electron chi connectivity index (χ4n) is 1.70. The Hall–Kier alpha value is -1.47. The zero-order valence-electron chi connectivity index (χ0n) is 10.6. The van der Waals surface area contributed by atoms with E-state index >= 15 is 0 Å². The van der Waals surface area contributed by atoms with E-state index < -0.39 is 5.91 Å². The van der Waals surface area contributed by atoms with Crippen LogP contribution in [0, 0.1) is 0 Å². The largest absolute Gasteiger partial charge is 0.396 e. The molecule has 7 nitrogen and oxygen atoms in total. The molecule has 102 valence electrons. The molecule has 0 radical (unpaired) electrons. The van der Waals surface area contributed by atoms with Gasteiger partial charge in [-0.1, -0.05) is 5.21 Å². The van der Waals surface area contributed by atoms with E-state index in [1.54, 1.807) is 11.8 Å². The second-order valence-electron chi connectivity index (χ2n) is 4.00. The maximum atomic E-state index is 11.2. The summed E-state index contributed by atoms with van der Waals surface area (Å²) in [5.41, 5.74) is 6.18. The van der Waals surface area contributed by atoms with Crippen molar-refractivity contribution in [1.82, 2.24) is 15.0 Å². The monoisotopic (exact) mass is 256 g/mol. The van der Waals surface area contributed by atoms with Crippen LogP contribution < -0.4 is 5.73 Å². The van der Waals surface area contributed by atoms with E-state index in [1.807, 2.05) is 0 Å². The first kappa shape index (κ1) is 14.6. The first-order chi connectivity index (χ1) is 8.70. The summed E-state index contributed by atoms with van der Waals surface area (Å²) in [6.07, 6.45) is 3.11. The van der Waals surface area contributed by atoms with Gasteiger partial charge in [0.15, 0.2) is 5.69 Å². The second-order valence-corrected chi connectivity index (χ2v) is 4.00. The maximum Gasteiger partial charge on any atom is 0.271 e. The average Bonchev–Trinajstić information content (AvgIpc) is 2.75. The summed E-state index contributed by atoms with van der Waals surface area (Å²) in [4.78, 5) is 11.2. The molecular weight excluding hydrogens is 236 g/mol. The first-order valence-corrected chi connectivity index (χ1v) is 6.02. The molecule has 0 aliphatic heterocycles. The van der Waals surface area contributed by atoms with Gasteiger partial charge in [-0.15, -0.1) is 5.10 Å². The van der Waals surface area contributed by atoms with E-state index in [4.69, 9.17) is 15.6 Å². The van der Waals surface area contributed by atoms with E-state index in [2.05, 4.69) is 10.3 Å². The quantitative estimate of drug-likeness (QED) is 0.592. The number of aromatic nitrogens is 3. The molecule has 0 aliphatic rings. The zero-order chi connectivity index (χ0) is 13.4. The number of nitrogens with zero attached hydrogens (tertiary/aromatic N) is 3. The third kappa shape index (κ3) is 4.08.